The fourth-order valence-electron chi connectivity index (χ4n) is 7.02. The highest BCUT2D eigenvalue weighted by Crippen LogP contribution is 2.65. The lowest BCUT2D eigenvalue weighted by Gasteiger charge is -2.60. The quantitative estimate of drug-likeness (QED) is 0.362. The van der Waals surface area contributed by atoms with Crippen LogP contribution in [0, 0.1) is 34.5 Å². The molecule has 0 spiro atoms. The van der Waals surface area contributed by atoms with E-state index in [2.05, 4.69) is 33.4 Å². The number of aliphatic hydroxyl groups excluding tert-OH is 1. The molecule has 3 heteroatoms. The Balaban J connectivity index is 0. The van der Waals surface area contributed by atoms with Crippen molar-refractivity contribution in [3.63, 3.8) is 0 Å². The molecule has 4 fully saturated rings. The number of Topliss-reactive ketones (excluding diaryl/α,β-unsaturated/α-hetero) is 1. The Hall–Kier alpha value is -0.0200. The maximum absolute atomic E-state index is 11.9. The van der Waals surface area contributed by atoms with Gasteiger partial charge in [-0.15, -0.1) is 0 Å². The second-order valence-electron chi connectivity index (χ2n) is 9.76. The average molecular weight is 487 g/mol. The molecule has 4 aliphatic carbocycles. The van der Waals surface area contributed by atoms with Crippen molar-refractivity contribution in [3.8, 4) is 0 Å². The minimum Gasteiger partial charge on any atom is -0.393 e. The molecule has 4 rings (SSSR count). The predicted molar refractivity (Wildman–Crippen MR) is 152 cm³/mol. The van der Waals surface area contributed by atoms with Crippen molar-refractivity contribution in [3.05, 3.63) is 0 Å². The van der Waals surface area contributed by atoms with E-state index in [4.69, 9.17) is 0 Å². The molecule has 33 heavy (non-hydrogen) atoms. The highest BCUT2D eigenvalue weighted by atomic mass is 32.1. The van der Waals surface area contributed by atoms with Gasteiger partial charge >= 0.3 is 0 Å². The normalized spacial score (nSPS) is 37.6. The van der Waals surface area contributed by atoms with Crippen LogP contribution in [0.25, 0.3) is 0 Å². The highest BCUT2D eigenvalue weighted by molar-refractivity contribution is 7.80. The molecule has 0 aliphatic heterocycles. The van der Waals surface area contributed by atoms with Gasteiger partial charge in [-0.25, -0.2) is 0 Å². The van der Waals surface area contributed by atoms with Crippen molar-refractivity contribution >= 4 is 18.4 Å². The number of rotatable bonds is 1. The number of carbonyl (C=O) groups excluding carboxylic acids is 1. The Morgan fingerprint density at radius 1 is 0.818 bits per heavy atom. The van der Waals surface area contributed by atoms with Crippen LogP contribution in [0.4, 0.5) is 0 Å². The van der Waals surface area contributed by atoms with Crippen LogP contribution in [0.2, 0.25) is 0 Å². The standard InChI is InChI=1S/C19H30O2.C3H8S.4C2H6/c1-18-9-7-13(20)11-12(18)3-4-14-15-5-6-17(21)19(15,2)10-8-16(14)18;1-2-3-4;4*1-2/h12,14-17,21H,3-11H2,1-2H3;4H,2-3H2,1H3;4*1-2H3. The van der Waals surface area contributed by atoms with E-state index in [0.717, 1.165) is 49.2 Å². The van der Waals surface area contributed by atoms with Gasteiger partial charge in [0.05, 0.1) is 6.10 Å². The molecule has 7 atom stereocenters. The monoisotopic (exact) mass is 486 g/mol. The van der Waals surface area contributed by atoms with Crippen LogP contribution in [0.1, 0.15) is 140 Å². The van der Waals surface area contributed by atoms with E-state index in [0.29, 0.717) is 17.1 Å². The third-order valence-corrected chi connectivity index (χ3v) is 9.10. The first-order chi connectivity index (χ1) is 15.9. The van der Waals surface area contributed by atoms with Crippen LogP contribution in [0.5, 0.6) is 0 Å². The molecule has 0 aromatic carbocycles. The molecule has 0 bridgehead atoms. The van der Waals surface area contributed by atoms with E-state index in [1.54, 1.807) is 0 Å². The first kappa shape index (κ1) is 35.1. The van der Waals surface area contributed by atoms with E-state index < -0.39 is 0 Å². The van der Waals surface area contributed by atoms with E-state index in [1.807, 2.05) is 55.4 Å². The summed E-state index contributed by atoms with van der Waals surface area (Å²) in [7, 11) is 0. The predicted octanol–water partition coefficient (Wildman–Crippen LogP) is 9.39. The molecular weight excluding hydrogens is 424 g/mol. The Bertz CT molecular complexity index is 492. The minimum atomic E-state index is -0.0677. The van der Waals surface area contributed by atoms with Gasteiger partial charge in [0.1, 0.15) is 5.78 Å². The van der Waals surface area contributed by atoms with Crippen LogP contribution >= 0.6 is 12.6 Å². The molecule has 2 nitrogen and oxygen atoms in total. The summed E-state index contributed by atoms with van der Waals surface area (Å²) in [6, 6.07) is 0. The smallest absolute Gasteiger partial charge is 0.133 e. The maximum atomic E-state index is 11.9. The number of thiol groups is 1. The third kappa shape index (κ3) is 8.26. The van der Waals surface area contributed by atoms with Crippen LogP contribution < -0.4 is 0 Å². The molecule has 0 aromatic rings. The summed E-state index contributed by atoms with van der Waals surface area (Å²) in [4.78, 5) is 11.9. The maximum Gasteiger partial charge on any atom is 0.133 e. The highest BCUT2D eigenvalue weighted by Gasteiger charge is 2.59. The van der Waals surface area contributed by atoms with E-state index in [1.165, 1.54) is 38.5 Å². The average Bonchev–Trinajstić information content (AvgIpc) is 3.19. The fourth-order valence-corrected chi connectivity index (χ4v) is 7.02. The third-order valence-electron chi connectivity index (χ3n) is 8.66. The summed E-state index contributed by atoms with van der Waals surface area (Å²) >= 11 is 3.92. The van der Waals surface area contributed by atoms with Crippen molar-refractivity contribution in [1.82, 2.24) is 0 Å². The molecule has 0 heterocycles. The summed E-state index contributed by atoms with van der Waals surface area (Å²) < 4.78 is 0. The number of carbonyl (C=O) groups is 1. The number of ketones is 1. The minimum absolute atomic E-state index is 0.0677. The summed E-state index contributed by atoms with van der Waals surface area (Å²) in [5, 5.41) is 10.5. The Morgan fingerprint density at radius 2 is 1.33 bits per heavy atom. The zero-order valence-corrected chi connectivity index (χ0v) is 25.4. The Morgan fingerprint density at radius 3 is 1.85 bits per heavy atom. The van der Waals surface area contributed by atoms with E-state index in [-0.39, 0.29) is 11.5 Å². The van der Waals surface area contributed by atoms with Crippen molar-refractivity contribution in [2.24, 2.45) is 34.5 Å². The van der Waals surface area contributed by atoms with Gasteiger partial charge in [-0.1, -0.05) is 76.2 Å². The van der Waals surface area contributed by atoms with E-state index >= 15 is 0 Å². The summed E-state index contributed by atoms with van der Waals surface area (Å²) in [5.41, 5.74) is 0.598. The molecule has 4 saturated carbocycles. The van der Waals surface area contributed by atoms with Crippen LogP contribution in [0.3, 0.4) is 0 Å². The van der Waals surface area contributed by atoms with Crippen molar-refractivity contribution in [2.75, 3.05) is 5.75 Å². The van der Waals surface area contributed by atoms with Crippen molar-refractivity contribution in [2.45, 2.75) is 146 Å². The van der Waals surface area contributed by atoms with Gasteiger partial charge in [-0.2, -0.15) is 12.6 Å². The zero-order valence-electron chi connectivity index (χ0n) is 24.5. The van der Waals surface area contributed by atoms with Gasteiger partial charge in [-0.3, -0.25) is 4.79 Å². The fraction of sp³-hybridized carbons (Fsp3) is 0.967. The van der Waals surface area contributed by atoms with Crippen LogP contribution in [-0.2, 0) is 4.79 Å². The van der Waals surface area contributed by atoms with Gasteiger partial charge < -0.3 is 5.11 Å². The number of hydrogen-bond donors (Lipinski definition) is 2. The summed E-state index contributed by atoms with van der Waals surface area (Å²) in [6.45, 7) is 23.0. The first-order valence-electron chi connectivity index (χ1n) is 14.7. The lowest BCUT2D eigenvalue weighted by molar-refractivity contribution is -0.141. The molecule has 0 radical (unpaired) electrons. The topological polar surface area (TPSA) is 37.3 Å². The van der Waals surface area contributed by atoms with Crippen LogP contribution in [0.15, 0.2) is 0 Å². The van der Waals surface area contributed by atoms with Gasteiger partial charge in [0.15, 0.2) is 0 Å². The van der Waals surface area contributed by atoms with Gasteiger partial charge in [0.25, 0.3) is 0 Å². The van der Waals surface area contributed by atoms with Gasteiger partial charge in [0.2, 0.25) is 0 Å². The Labute approximate surface area is 214 Å². The van der Waals surface area contributed by atoms with Crippen LogP contribution in [-0.4, -0.2) is 22.7 Å². The Kier molecular flexibility index (Phi) is 19.5. The van der Waals surface area contributed by atoms with E-state index in [9.17, 15) is 9.90 Å². The SMILES string of the molecule is CC.CC.CC.CC.CC12CCC3C(CCC4CC(=O)CCC43C)C1CCC2O.CCCS. The number of aliphatic hydroxyl groups is 1. The largest absolute Gasteiger partial charge is 0.393 e. The molecule has 1 N–H and O–H groups in total. The molecule has 7 unspecified atom stereocenters. The lowest BCUT2D eigenvalue weighted by Crippen LogP contribution is -2.54. The first-order valence-corrected chi connectivity index (χ1v) is 15.3. The molecule has 4 aliphatic rings. The van der Waals surface area contributed by atoms with Gasteiger partial charge in [0, 0.05) is 12.8 Å². The van der Waals surface area contributed by atoms with Gasteiger partial charge in [-0.05, 0) is 91.6 Å². The molecule has 0 aromatic heterocycles. The summed E-state index contributed by atoms with van der Waals surface area (Å²) in [5.74, 6) is 4.54. The zero-order chi connectivity index (χ0) is 26.2. The molecular formula is C30H62O2S. The van der Waals surface area contributed by atoms with Crippen molar-refractivity contribution < 1.29 is 9.90 Å². The molecule has 200 valence electrons. The number of hydrogen-bond acceptors (Lipinski definition) is 3. The molecule has 0 amide bonds. The second kappa shape index (κ2) is 18.3. The number of fused-ring (bicyclic) bond motifs is 5. The molecule has 0 saturated heterocycles. The summed E-state index contributed by atoms with van der Waals surface area (Å²) in [6.07, 6.45) is 11.2. The second-order valence-corrected chi connectivity index (χ2v) is 10.2. The van der Waals surface area contributed by atoms with Crippen molar-refractivity contribution in [1.29, 1.82) is 0 Å². The lowest BCUT2D eigenvalue weighted by atomic mass is 9.45.